The van der Waals surface area contributed by atoms with Crippen LogP contribution in [0.3, 0.4) is 0 Å². The standard InChI is InChI=1S/C37H42Cl3N5O5/c1-3-34(46)42-17-23-4-8-30(38)25(16-23)19-45(26-6-7-26)36(47)29-21-44(37(48)49)13-11-28(29)24-5-9-33(41-18-24)43-12-10-27(20-43)50-35-31(39)14-22(2)15-32(35)40/h4-5,8-9,14-16,18,26-29H,3,6-7,10-13,17,19-21H2,1-2H3,(H,42,46)(H,48,49)/t27-,28-,29+/m0/s1. The first kappa shape index (κ1) is 36.1. The van der Waals surface area contributed by atoms with Gasteiger partial charge in [0.05, 0.1) is 22.5 Å². The number of aryl methyl sites for hydroxylation is 1. The normalized spacial score (nSPS) is 20.5. The Morgan fingerprint density at radius 1 is 0.980 bits per heavy atom. The fourth-order valence-electron chi connectivity index (χ4n) is 6.93. The maximum absolute atomic E-state index is 14.5. The molecular formula is C37H42Cl3N5O5. The maximum Gasteiger partial charge on any atom is 0.407 e. The number of amides is 3. The number of pyridine rings is 1. The molecule has 0 unspecified atom stereocenters. The van der Waals surface area contributed by atoms with Crippen LogP contribution in [0.5, 0.6) is 5.75 Å². The Morgan fingerprint density at radius 3 is 2.40 bits per heavy atom. The van der Waals surface area contributed by atoms with E-state index in [1.807, 2.05) is 54.4 Å². The van der Waals surface area contributed by atoms with E-state index < -0.39 is 12.0 Å². The third-order valence-electron chi connectivity index (χ3n) is 9.83. The van der Waals surface area contributed by atoms with Crippen molar-refractivity contribution in [2.24, 2.45) is 5.92 Å². The number of rotatable bonds is 11. The summed E-state index contributed by atoms with van der Waals surface area (Å²) in [7, 11) is 0. The van der Waals surface area contributed by atoms with Crippen molar-refractivity contribution in [1.29, 1.82) is 0 Å². The summed E-state index contributed by atoms with van der Waals surface area (Å²) in [4.78, 5) is 48.5. The van der Waals surface area contributed by atoms with Gasteiger partial charge in [-0.15, -0.1) is 0 Å². The number of benzene rings is 2. The van der Waals surface area contributed by atoms with Gasteiger partial charge in [-0.1, -0.05) is 59.9 Å². The quantitative estimate of drug-likeness (QED) is 0.212. The van der Waals surface area contributed by atoms with Gasteiger partial charge in [0, 0.05) is 68.7 Å². The van der Waals surface area contributed by atoms with E-state index in [4.69, 9.17) is 44.5 Å². The number of carbonyl (C=O) groups is 3. The van der Waals surface area contributed by atoms with Crippen molar-refractivity contribution in [1.82, 2.24) is 20.1 Å². The summed E-state index contributed by atoms with van der Waals surface area (Å²) in [6.07, 6.45) is 4.14. The van der Waals surface area contributed by atoms with Crippen LogP contribution in [0.15, 0.2) is 48.7 Å². The minimum absolute atomic E-state index is 0.0439. The average molecular weight is 743 g/mol. The zero-order chi connectivity index (χ0) is 35.5. The van der Waals surface area contributed by atoms with Gasteiger partial charge in [-0.05, 0) is 72.7 Å². The molecule has 13 heteroatoms. The number of carbonyl (C=O) groups excluding carboxylic acids is 2. The Kier molecular flexibility index (Phi) is 11.3. The van der Waals surface area contributed by atoms with Gasteiger partial charge in [-0.25, -0.2) is 9.78 Å². The summed E-state index contributed by atoms with van der Waals surface area (Å²) in [6, 6.07) is 13.3. The predicted molar refractivity (Wildman–Crippen MR) is 194 cm³/mol. The molecule has 2 aliphatic heterocycles. The molecule has 10 nitrogen and oxygen atoms in total. The van der Waals surface area contributed by atoms with E-state index in [-0.39, 0.29) is 36.4 Å². The third kappa shape index (κ3) is 8.41. The molecule has 0 bridgehead atoms. The van der Waals surface area contributed by atoms with E-state index in [9.17, 15) is 19.5 Å². The summed E-state index contributed by atoms with van der Waals surface area (Å²) < 4.78 is 6.21. The summed E-state index contributed by atoms with van der Waals surface area (Å²) in [5.74, 6) is 0.392. The minimum atomic E-state index is -1.03. The van der Waals surface area contributed by atoms with Gasteiger partial charge in [-0.2, -0.15) is 0 Å². The lowest BCUT2D eigenvalue weighted by Crippen LogP contribution is -2.49. The first-order chi connectivity index (χ1) is 24.0. The van der Waals surface area contributed by atoms with Crippen molar-refractivity contribution >= 4 is 58.5 Å². The number of likely N-dealkylation sites (tertiary alicyclic amines) is 1. The number of ether oxygens (including phenoxy) is 1. The van der Waals surface area contributed by atoms with Gasteiger partial charge in [0.25, 0.3) is 0 Å². The monoisotopic (exact) mass is 741 g/mol. The SMILES string of the molecule is CCC(=O)NCc1ccc(Cl)c(CN(C(=O)[C@@H]2CN(C(=O)O)CC[C@H]2c2ccc(N3CC[C@H](Oc4c(Cl)cc(C)cc4Cl)C3)nc2)C2CC2)c1. The van der Waals surface area contributed by atoms with Crippen molar-refractivity contribution in [3.63, 3.8) is 0 Å². The Labute approximate surface area is 307 Å². The highest BCUT2D eigenvalue weighted by molar-refractivity contribution is 6.37. The van der Waals surface area contributed by atoms with Gasteiger partial charge >= 0.3 is 6.09 Å². The molecule has 3 aliphatic rings. The van der Waals surface area contributed by atoms with Crippen LogP contribution in [0.4, 0.5) is 10.6 Å². The number of carboxylic acid groups (broad SMARTS) is 1. The Hall–Kier alpha value is -3.73. The molecule has 2 N–H and O–H groups in total. The van der Waals surface area contributed by atoms with Crippen LogP contribution in [0.1, 0.15) is 67.2 Å². The van der Waals surface area contributed by atoms with Crippen molar-refractivity contribution in [2.75, 3.05) is 31.1 Å². The van der Waals surface area contributed by atoms with Gasteiger partial charge in [0.2, 0.25) is 11.8 Å². The summed E-state index contributed by atoms with van der Waals surface area (Å²) in [5, 5.41) is 14.3. The highest BCUT2D eigenvalue weighted by atomic mass is 35.5. The number of hydrogen-bond acceptors (Lipinski definition) is 6. The smallest absolute Gasteiger partial charge is 0.407 e. The lowest BCUT2D eigenvalue weighted by molar-refractivity contribution is -0.139. The van der Waals surface area contributed by atoms with Crippen molar-refractivity contribution in [3.05, 3.63) is 86.0 Å². The average Bonchev–Trinajstić information content (AvgIpc) is 3.84. The number of anilines is 1. The number of nitrogens with zero attached hydrogens (tertiary/aromatic N) is 4. The largest absolute Gasteiger partial charge is 0.485 e. The highest BCUT2D eigenvalue weighted by Crippen LogP contribution is 2.39. The topological polar surface area (TPSA) is 115 Å². The molecule has 6 rings (SSSR count). The molecule has 266 valence electrons. The van der Waals surface area contributed by atoms with Gasteiger partial charge in [0.1, 0.15) is 11.9 Å². The lowest BCUT2D eigenvalue weighted by Gasteiger charge is -2.39. The van der Waals surface area contributed by atoms with Crippen LogP contribution >= 0.6 is 34.8 Å². The molecule has 3 atom stereocenters. The second kappa shape index (κ2) is 15.7. The van der Waals surface area contributed by atoms with Gasteiger partial charge in [0.15, 0.2) is 5.75 Å². The van der Waals surface area contributed by atoms with Gasteiger partial charge in [-0.3, -0.25) is 9.59 Å². The molecule has 2 saturated heterocycles. The predicted octanol–water partition coefficient (Wildman–Crippen LogP) is 7.31. The molecule has 1 aromatic heterocycles. The van der Waals surface area contributed by atoms with Crippen LogP contribution in [0.2, 0.25) is 15.1 Å². The van der Waals surface area contributed by atoms with E-state index in [0.717, 1.165) is 53.9 Å². The molecular weight excluding hydrogens is 701 g/mol. The van der Waals surface area contributed by atoms with Crippen LogP contribution in [0, 0.1) is 12.8 Å². The van der Waals surface area contributed by atoms with Crippen molar-refractivity contribution < 1.29 is 24.2 Å². The number of halogens is 3. The molecule has 0 radical (unpaired) electrons. The number of aromatic nitrogens is 1. The summed E-state index contributed by atoms with van der Waals surface area (Å²) in [5.41, 5.74) is 3.56. The maximum atomic E-state index is 14.5. The van der Waals surface area contributed by atoms with Crippen LogP contribution < -0.4 is 15.0 Å². The van der Waals surface area contributed by atoms with E-state index in [0.29, 0.717) is 59.8 Å². The van der Waals surface area contributed by atoms with Crippen LogP contribution in [0.25, 0.3) is 0 Å². The Balaban J connectivity index is 1.17. The summed E-state index contributed by atoms with van der Waals surface area (Å²) >= 11 is 19.5. The number of nitrogens with one attached hydrogen (secondary N) is 1. The molecule has 3 amide bonds. The second-order valence-electron chi connectivity index (χ2n) is 13.5. The first-order valence-corrected chi connectivity index (χ1v) is 18.3. The fourth-order valence-corrected chi connectivity index (χ4v) is 7.79. The Morgan fingerprint density at radius 2 is 1.74 bits per heavy atom. The molecule has 0 spiro atoms. The first-order valence-electron chi connectivity index (χ1n) is 17.2. The summed E-state index contributed by atoms with van der Waals surface area (Å²) in [6.45, 7) is 6.23. The molecule has 3 aromatic rings. The van der Waals surface area contributed by atoms with Crippen molar-refractivity contribution in [2.45, 2.75) is 77.1 Å². The molecule has 2 aromatic carbocycles. The van der Waals surface area contributed by atoms with Crippen molar-refractivity contribution in [3.8, 4) is 5.75 Å². The van der Waals surface area contributed by atoms with Gasteiger partial charge < -0.3 is 29.9 Å². The van der Waals surface area contributed by atoms with Crippen LogP contribution in [-0.4, -0.2) is 76.1 Å². The zero-order valence-corrected chi connectivity index (χ0v) is 30.5. The third-order valence-corrected chi connectivity index (χ3v) is 10.8. The van der Waals surface area contributed by atoms with E-state index in [2.05, 4.69) is 10.2 Å². The zero-order valence-electron chi connectivity index (χ0n) is 28.2. The van der Waals surface area contributed by atoms with Crippen LogP contribution in [-0.2, 0) is 22.7 Å². The van der Waals surface area contributed by atoms with E-state index >= 15 is 0 Å². The molecule has 1 saturated carbocycles. The number of piperidine rings is 1. The molecule has 50 heavy (non-hydrogen) atoms. The molecule has 3 heterocycles. The second-order valence-corrected chi connectivity index (χ2v) is 14.7. The highest BCUT2D eigenvalue weighted by Gasteiger charge is 2.43. The Bertz CT molecular complexity index is 1710. The minimum Gasteiger partial charge on any atom is -0.485 e. The lowest BCUT2D eigenvalue weighted by atomic mass is 9.80. The van der Waals surface area contributed by atoms with E-state index in [1.165, 1.54) is 4.90 Å². The molecule has 3 fully saturated rings. The number of hydrogen-bond donors (Lipinski definition) is 2. The molecule has 1 aliphatic carbocycles. The van der Waals surface area contributed by atoms with E-state index in [1.54, 1.807) is 13.0 Å². The fraction of sp³-hybridized carbons (Fsp3) is 0.459.